The highest BCUT2D eigenvalue weighted by atomic mass is 31.2. The first kappa shape index (κ1) is 54.9. The molecule has 0 aliphatic carbocycles. The van der Waals surface area contributed by atoms with Gasteiger partial charge in [-0.15, -0.1) is 0 Å². The van der Waals surface area contributed by atoms with Gasteiger partial charge in [0.25, 0.3) is 0 Å². The third-order valence-electron chi connectivity index (χ3n) is 11.1. The van der Waals surface area contributed by atoms with E-state index < -0.39 is 37.7 Å². The maximum absolute atomic E-state index is 13.4. The van der Waals surface area contributed by atoms with Crippen LogP contribution in [0.3, 0.4) is 0 Å². The van der Waals surface area contributed by atoms with Gasteiger partial charge >= 0.3 is 7.82 Å². The molecule has 0 heterocycles. The minimum Gasteiger partial charge on any atom is -0.394 e. The smallest absolute Gasteiger partial charge is 0.394 e. The Labute approximate surface area is 344 Å². The number of hydrogen-bond donors (Lipinski definition) is 4. The third kappa shape index (κ3) is 31.8. The summed E-state index contributed by atoms with van der Waals surface area (Å²) in [7, 11) is -5.34. The van der Waals surface area contributed by atoms with E-state index in [-0.39, 0.29) is 12.8 Å². The van der Waals surface area contributed by atoms with Crippen molar-refractivity contribution >= 4 is 19.4 Å². The lowest BCUT2D eigenvalue weighted by Crippen LogP contribution is -2.58. The molecule has 9 heteroatoms. The zero-order valence-electron chi connectivity index (χ0n) is 36.4. The summed E-state index contributed by atoms with van der Waals surface area (Å²) >= 11 is 0. The summed E-state index contributed by atoms with van der Waals surface area (Å²) in [6, 6.07) is 0. The van der Waals surface area contributed by atoms with Crippen LogP contribution in [0, 0.1) is 0 Å². The van der Waals surface area contributed by atoms with Gasteiger partial charge in [-0.2, -0.15) is 0 Å². The highest BCUT2D eigenvalue weighted by Gasteiger charge is 2.55. The lowest BCUT2D eigenvalue weighted by Gasteiger charge is -2.34. The van der Waals surface area contributed by atoms with Gasteiger partial charge in [0.2, 0.25) is 5.60 Å². The van der Waals surface area contributed by atoms with Crippen molar-refractivity contribution in [3.8, 4) is 0 Å². The molecule has 4 N–H and O–H groups in total. The molecular formula is C47H89O8P. The number of phosphoric ester groups is 1. The van der Waals surface area contributed by atoms with Crippen LogP contribution in [0.5, 0.6) is 0 Å². The Balaban J connectivity index is 4.29. The number of allylic oxidation sites excluding steroid dienone is 4. The Bertz CT molecular complexity index is 946. The zero-order chi connectivity index (χ0) is 41.4. The summed E-state index contributed by atoms with van der Waals surface area (Å²) in [5, 5.41) is 20.4. The van der Waals surface area contributed by atoms with Crippen molar-refractivity contribution in [3.63, 3.8) is 0 Å². The highest BCUT2D eigenvalue weighted by molar-refractivity contribution is 7.46. The van der Waals surface area contributed by atoms with E-state index >= 15 is 0 Å². The molecule has 0 aromatic carbocycles. The monoisotopic (exact) mass is 813 g/mol. The number of ketones is 2. The Hall–Kier alpha value is -1.15. The van der Waals surface area contributed by atoms with Gasteiger partial charge in [0, 0.05) is 12.8 Å². The van der Waals surface area contributed by atoms with Crippen LogP contribution >= 0.6 is 7.82 Å². The van der Waals surface area contributed by atoms with E-state index in [2.05, 4.69) is 38.2 Å². The van der Waals surface area contributed by atoms with Crippen molar-refractivity contribution in [3.05, 3.63) is 24.3 Å². The number of Topliss-reactive ketones (excluding diaryl/α,β-unsaturated/α-hetero) is 2. The first-order valence-corrected chi connectivity index (χ1v) is 25.1. The number of aliphatic hydroxyl groups is 2. The minimum absolute atomic E-state index is 0.162. The second-order valence-electron chi connectivity index (χ2n) is 16.4. The van der Waals surface area contributed by atoms with Gasteiger partial charge in [0.15, 0.2) is 11.6 Å². The molecule has 0 fully saturated rings. The normalized spacial score (nSPS) is 13.0. The molecule has 8 nitrogen and oxygen atoms in total. The van der Waals surface area contributed by atoms with E-state index in [0.29, 0.717) is 12.8 Å². The fourth-order valence-corrected chi connectivity index (χ4v) is 8.20. The molecule has 0 rings (SSSR count). The molecule has 0 spiro atoms. The number of rotatable bonds is 44. The van der Waals surface area contributed by atoms with Crippen molar-refractivity contribution in [2.24, 2.45) is 0 Å². The average Bonchev–Trinajstić information content (AvgIpc) is 3.17. The number of hydrogen-bond acceptors (Lipinski definition) is 6. The maximum atomic E-state index is 13.4. The van der Waals surface area contributed by atoms with Crippen LogP contribution in [0.2, 0.25) is 0 Å². The number of carbonyl (C=O) groups excluding carboxylic acids is 2. The predicted molar refractivity (Wildman–Crippen MR) is 235 cm³/mol. The molecule has 56 heavy (non-hydrogen) atoms. The van der Waals surface area contributed by atoms with Crippen molar-refractivity contribution in [1.82, 2.24) is 0 Å². The quantitative estimate of drug-likeness (QED) is 0.0206. The lowest BCUT2D eigenvalue weighted by molar-refractivity contribution is -0.164. The number of aliphatic hydroxyl groups excluding tert-OH is 2. The zero-order valence-corrected chi connectivity index (χ0v) is 37.3. The van der Waals surface area contributed by atoms with Crippen molar-refractivity contribution in [2.75, 3.05) is 6.61 Å². The molecule has 330 valence electrons. The first-order valence-electron chi connectivity index (χ1n) is 23.6. The van der Waals surface area contributed by atoms with Crippen LogP contribution in [0.1, 0.15) is 245 Å². The van der Waals surface area contributed by atoms with Crippen LogP contribution in [0.25, 0.3) is 0 Å². The van der Waals surface area contributed by atoms with E-state index in [4.69, 9.17) is 4.52 Å². The molecule has 0 unspecified atom stereocenters. The maximum Gasteiger partial charge on any atom is 0.471 e. The second kappa shape index (κ2) is 39.3. The summed E-state index contributed by atoms with van der Waals surface area (Å²) in [5.41, 5.74) is -2.76. The van der Waals surface area contributed by atoms with Crippen LogP contribution < -0.4 is 0 Å². The topological polar surface area (TPSA) is 141 Å². The van der Waals surface area contributed by atoms with E-state index in [9.17, 15) is 34.2 Å². The highest BCUT2D eigenvalue weighted by Crippen LogP contribution is 2.44. The van der Waals surface area contributed by atoms with Gasteiger partial charge in [-0.1, -0.05) is 192 Å². The van der Waals surface area contributed by atoms with Crippen LogP contribution in [0.4, 0.5) is 0 Å². The molecule has 1 atom stereocenters. The first-order chi connectivity index (χ1) is 27.2. The Kier molecular flexibility index (Phi) is 38.5. The van der Waals surface area contributed by atoms with Crippen molar-refractivity contribution < 1.29 is 38.7 Å². The van der Waals surface area contributed by atoms with E-state index in [0.717, 1.165) is 64.2 Å². The summed E-state index contributed by atoms with van der Waals surface area (Å²) in [4.78, 5) is 46.1. The number of unbranched alkanes of at least 4 members (excludes halogenated alkanes) is 30. The standard InChI is InChI=1S/C47H89O8P/c1-3-5-7-9-11-13-15-17-19-21-23-25-27-29-31-33-35-37-39-41-44(49)47(46(51)43-48,55-56(52,53)54)45(50)42-40-38-36-34-32-30-28-26-24-22-20-18-16-14-12-10-8-6-4-2/h17-20,46,48,51H,3-16,21-43H2,1-2H3,(H2,52,53,54)/b19-17-,20-18-/t46-/m0/s1. The van der Waals surface area contributed by atoms with Crippen LogP contribution in [-0.2, 0) is 18.7 Å². The predicted octanol–water partition coefficient (Wildman–Crippen LogP) is 13.5. The Morgan fingerprint density at radius 1 is 0.482 bits per heavy atom. The molecule has 0 aromatic rings. The molecule has 0 aromatic heterocycles. The second-order valence-corrected chi connectivity index (χ2v) is 17.5. The SMILES string of the molecule is CCCCCCCC/C=C\CCCCCCCCCCCC(=O)C(OP(=O)(O)O)(C(=O)CCCCCCCCCCC/C=C\CCCCCCCC)[C@@H](O)CO. The largest absolute Gasteiger partial charge is 0.471 e. The third-order valence-corrected chi connectivity index (χ3v) is 11.6. The fraction of sp³-hybridized carbons (Fsp3) is 0.872. The molecule has 0 bridgehead atoms. The molecular weight excluding hydrogens is 723 g/mol. The summed E-state index contributed by atoms with van der Waals surface area (Å²) in [6.45, 7) is 3.48. The molecule has 0 aliphatic heterocycles. The molecule has 0 amide bonds. The lowest BCUT2D eigenvalue weighted by atomic mass is 9.82. The van der Waals surface area contributed by atoms with Crippen LogP contribution in [0.15, 0.2) is 24.3 Å². The van der Waals surface area contributed by atoms with Gasteiger partial charge < -0.3 is 20.0 Å². The van der Waals surface area contributed by atoms with Crippen molar-refractivity contribution in [1.29, 1.82) is 0 Å². The molecule has 0 radical (unpaired) electrons. The number of carbonyl (C=O) groups is 2. The summed E-state index contributed by atoms with van der Waals surface area (Å²) < 4.78 is 16.8. The minimum atomic E-state index is -5.34. The van der Waals surface area contributed by atoms with Crippen LogP contribution in [-0.4, -0.2) is 49.9 Å². The van der Waals surface area contributed by atoms with E-state index in [1.807, 2.05) is 0 Å². The van der Waals surface area contributed by atoms with Gasteiger partial charge in [0.1, 0.15) is 6.10 Å². The summed E-state index contributed by atoms with van der Waals surface area (Å²) in [6.07, 6.45) is 45.9. The van der Waals surface area contributed by atoms with E-state index in [1.54, 1.807) is 0 Å². The Morgan fingerprint density at radius 3 is 0.982 bits per heavy atom. The van der Waals surface area contributed by atoms with Gasteiger partial charge in [-0.25, -0.2) is 4.57 Å². The average molecular weight is 813 g/mol. The van der Waals surface area contributed by atoms with E-state index in [1.165, 1.54) is 141 Å². The van der Waals surface area contributed by atoms with Crippen molar-refractivity contribution in [2.45, 2.75) is 257 Å². The fourth-order valence-electron chi connectivity index (χ4n) is 7.50. The molecule has 0 aliphatic rings. The number of phosphoric acid groups is 1. The summed E-state index contributed by atoms with van der Waals surface area (Å²) in [5.74, 6) is -1.75. The van der Waals surface area contributed by atoms with Gasteiger partial charge in [-0.05, 0) is 64.2 Å². The Morgan fingerprint density at radius 2 is 0.732 bits per heavy atom. The molecule has 0 saturated carbocycles. The van der Waals surface area contributed by atoms with Gasteiger partial charge in [-0.3, -0.25) is 14.1 Å². The molecule has 0 saturated heterocycles. The van der Waals surface area contributed by atoms with Gasteiger partial charge in [0.05, 0.1) is 6.61 Å².